The van der Waals surface area contributed by atoms with Crippen LogP contribution in [0.2, 0.25) is 0 Å². The Labute approximate surface area is 105 Å². The molecule has 1 aliphatic rings. The molecule has 1 saturated carbocycles. The van der Waals surface area contributed by atoms with Gasteiger partial charge in [-0.05, 0) is 31.1 Å². The molecule has 0 bridgehead atoms. The molecule has 17 heavy (non-hydrogen) atoms. The van der Waals surface area contributed by atoms with Crippen molar-refractivity contribution in [2.24, 2.45) is 18.9 Å². The first kappa shape index (κ1) is 12.5. The monoisotopic (exact) mass is 235 g/mol. The molecule has 3 heteroatoms. The summed E-state index contributed by atoms with van der Waals surface area (Å²) in [5.74, 6) is 1.80. The first-order chi connectivity index (χ1) is 8.19. The Kier molecular flexibility index (Phi) is 4.08. The average Bonchev–Trinajstić information content (AvgIpc) is 2.69. The molecule has 0 aliphatic heterocycles. The summed E-state index contributed by atoms with van der Waals surface area (Å²) in [7, 11) is 1.99. The number of hydrogen-bond acceptors (Lipinski definition) is 2. The van der Waals surface area contributed by atoms with Gasteiger partial charge in [0.25, 0.3) is 0 Å². The number of anilines is 1. The number of aryl methyl sites for hydroxylation is 2. The van der Waals surface area contributed by atoms with Gasteiger partial charge in [0.15, 0.2) is 0 Å². The molecule has 0 unspecified atom stereocenters. The van der Waals surface area contributed by atoms with Crippen LogP contribution in [0.25, 0.3) is 0 Å². The average molecular weight is 235 g/mol. The Morgan fingerprint density at radius 3 is 2.71 bits per heavy atom. The van der Waals surface area contributed by atoms with Crippen molar-refractivity contribution >= 4 is 5.69 Å². The number of nitrogens with one attached hydrogen (secondary N) is 1. The van der Waals surface area contributed by atoms with E-state index in [1.807, 2.05) is 11.7 Å². The topological polar surface area (TPSA) is 29.9 Å². The quantitative estimate of drug-likeness (QED) is 0.868. The lowest BCUT2D eigenvalue weighted by Gasteiger charge is -2.26. The second kappa shape index (κ2) is 5.56. The van der Waals surface area contributed by atoms with Gasteiger partial charge in [-0.1, -0.05) is 26.7 Å². The van der Waals surface area contributed by atoms with Crippen molar-refractivity contribution in [2.45, 2.75) is 46.0 Å². The second-order valence-corrected chi connectivity index (χ2v) is 5.52. The molecule has 96 valence electrons. The zero-order valence-electron chi connectivity index (χ0n) is 11.4. The van der Waals surface area contributed by atoms with Crippen LogP contribution in [-0.2, 0) is 13.5 Å². The Morgan fingerprint density at radius 2 is 2.06 bits per heavy atom. The van der Waals surface area contributed by atoms with Crippen LogP contribution >= 0.6 is 0 Å². The fourth-order valence-electron chi connectivity index (χ4n) is 2.73. The van der Waals surface area contributed by atoms with Gasteiger partial charge in [0.2, 0.25) is 0 Å². The first-order valence-corrected chi connectivity index (χ1v) is 6.95. The van der Waals surface area contributed by atoms with Gasteiger partial charge in [-0.2, -0.15) is 5.10 Å². The number of rotatable bonds is 4. The van der Waals surface area contributed by atoms with E-state index >= 15 is 0 Å². The normalized spacial score (nSPS) is 24.9. The van der Waals surface area contributed by atoms with Crippen LogP contribution in [0, 0.1) is 11.8 Å². The molecule has 1 aliphatic carbocycles. The number of aromatic nitrogens is 2. The van der Waals surface area contributed by atoms with Gasteiger partial charge in [0.1, 0.15) is 0 Å². The molecule has 1 N–H and O–H groups in total. The van der Waals surface area contributed by atoms with Crippen molar-refractivity contribution < 1.29 is 0 Å². The van der Waals surface area contributed by atoms with Gasteiger partial charge < -0.3 is 5.32 Å². The molecule has 1 aromatic heterocycles. The standard InChI is InChI=1S/C14H25N3/c1-4-13-14(10-17(3)16-13)15-9-12-7-5-11(2)6-8-12/h10-12,15H,4-9H2,1-3H3. The molecule has 1 aromatic rings. The molecule has 1 heterocycles. The zero-order valence-corrected chi connectivity index (χ0v) is 11.4. The van der Waals surface area contributed by atoms with Crippen molar-refractivity contribution in [1.82, 2.24) is 9.78 Å². The Morgan fingerprint density at radius 1 is 1.35 bits per heavy atom. The molecule has 0 saturated heterocycles. The molecule has 0 spiro atoms. The molecule has 0 radical (unpaired) electrons. The summed E-state index contributed by atoms with van der Waals surface area (Å²) < 4.78 is 1.91. The molecular formula is C14H25N3. The van der Waals surface area contributed by atoms with E-state index in [4.69, 9.17) is 0 Å². The van der Waals surface area contributed by atoms with Crippen LogP contribution in [0.3, 0.4) is 0 Å². The maximum Gasteiger partial charge on any atom is 0.0853 e. The molecule has 0 atom stereocenters. The Bertz CT molecular complexity index is 348. The van der Waals surface area contributed by atoms with Crippen LogP contribution in [0.1, 0.15) is 45.2 Å². The van der Waals surface area contributed by atoms with Crippen LogP contribution in [0.5, 0.6) is 0 Å². The van der Waals surface area contributed by atoms with Crippen molar-refractivity contribution in [2.75, 3.05) is 11.9 Å². The Balaban J connectivity index is 1.85. The van der Waals surface area contributed by atoms with E-state index in [0.29, 0.717) is 0 Å². The largest absolute Gasteiger partial charge is 0.382 e. The summed E-state index contributed by atoms with van der Waals surface area (Å²) in [5.41, 5.74) is 2.42. The molecule has 0 aromatic carbocycles. The summed E-state index contributed by atoms with van der Waals surface area (Å²) in [6, 6.07) is 0. The summed E-state index contributed by atoms with van der Waals surface area (Å²) in [6.45, 7) is 5.65. The van der Waals surface area contributed by atoms with Gasteiger partial charge in [-0.3, -0.25) is 4.68 Å². The third-order valence-electron chi connectivity index (χ3n) is 3.96. The Hall–Kier alpha value is -0.990. The predicted octanol–water partition coefficient (Wildman–Crippen LogP) is 3.22. The van der Waals surface area contributed by atoms with E-state index < -0.39 is 0 Å². The summed E-state index contributed by atoms with van der Waals surface area (Å²) in [6.07, 6.45) is 8.68. The second-order valence-electron chi connectivity index (χ2n) is 5.52. The lowest BCUT2D eigenvalue weighted by atomic mass is 9.83. The highest BCUT2D eigenvalue weighted by Gasteiger charge is 2.18. The highest BCUT2D eigenvalue weighted by atomic mass is 15.3. The molecular weight excluding hydrogens is 210 g/mol. The molecule has 0 amide bonds. The van der Waals surface area contributed by atoms with E-state index in [2.05, 4.69) is 30.5 Å². The highest BCUT2D eigenvalue weighted by molar-refractivity contribution is 5.46. The van der Waals surface area contributed by atoms with Crippen LogP contribution in [0.15, 0.2) is 6.20 Å². The molecule has 1 fully saturated rings. The third kappa shape index (κ3) is 3.24. The number of nitrogens with zero attached hydrogens (tertiary/aromatic N) is 2. The lowest BCUT2D eigenvalue weighted by molar-refractivity contribution is 0.300. The number of hydrogen-bond donors (Lipinski definition) is 1. The minimum Gasteiger partial charge on any atom is -0.382 e. The maximum absolute atomic E-state index is 4.46. The fourth-order valence-corrected chi connectivity index (χ4v) is 2.73. The highest BCUT2D eigenvalue weighted by Crippen LogP contribution is 2.28. The van der Waals surface area contributed by atoms with E-state index in [1.54, 1.807) is 0 Å². The van der Waals surface area contributed by atoms with Gasteiger partial charge in [0.05, 0.1) is 11.4 Å². The van der Waals surface area contributed by atoms with Crippen molar-refractivity contribution in [3.8, 4) is 0 Å². The lowest BCUT2D eigenvalue weighted by Crippen LogP contribution is -2.20. The van der Waals surface area contributed by atoms with Crippen LogP contribution < -0.4 is 5.32 Å². The molecule has 2 rings (SSSR count). The molecule has 3 nitrogen and oxygen atoms in total. The maximum atomic E-state index is 4.46. The zero-order chi connectivity index (χ0) is 12.3. The minimum absolute atomic E-state index is 0.858. The van der Waals surface area contributed by atoms with E-state index in [-0.39, 0.29) is 0 Å². The van der Waals surface area contributed by atoms with Crippen molar-refractivity contribution in [3.05, 3.63) is 11.9 Å². The summed E-state index contributed by atoms with van der Waals surface area (Å²) >= 11 is 0. The third-order valence-corrected chi connectivity index (χ3v) is 3.96. The summed E-state index contributed by atoms with van der Waals surface area (Å²) in [4.78, 5) is 0. The van der Waals surface area contributed by atoms with Gasteiger partial charge >= 0.3 is 0 Å². The predicted molar refractivity (Wildman–Crippen MR) is 72.2 cm³/mol. The summed E-state index contributed by atoms with van der Waals surface area (Å²) in [5, 5.41) is 8.05. The SMILES string of the molecule is CCc1nn(C)cc1NCC1CCC(C)CC1. The minimum atomic E-state index is 0.858. The van der Waals surface area contributed by atoms with Crippen molar-refractivity contribution in [1.29, 1.82) is 0 Å². The van der Waals surface area contributed by atoms with Crippen molar-refractivity contribution in [3.63, 3.8) is 0 Å². The first-order valence-electron chi connectivity index (χ1n) is 6.95. The van der Waals surface area contributed by atoms with Gasteiger partial charge in [-0.25, -0.2) is 0 Å². The smallest absolute Gasteiger partial charge is 0.0853 e. The fraction of sp³-hybridized carbons (Fsp3) is 0.786. The van der Waals surface area contributed by atoms with Gasteiger partial charge in [0, 0.05) is 19.8 Å². The van der Waals surface area contributed by atoms with Crippen LogP contribution in [-0.4, -0.2) is 16.3 Å². The van der Waals surface area contributed by atoms with E-state index in [9.17, 15) is 0 Å². The van der Waals surface area contributed by atoms with Crippen LogP contribution in [0.4, 0.5) is 5.69 Å². The van der Waals surface area contributed by atoms with E-state index in [1.165, 1.54) is 37.1 Å². The van der Waals surface area contributed by atoms with Gasteiger partial charge in [-0.15, -0.1) is 0 Å². The van der Waals surface area contributed by atoms with E-state index in [0.717, 1.165) is 24.8 Å².